The van der Waals surface area contributed by atoms with E-state index in [1.807, 2.05) is 12.1 Å². The Balaban J connectivity index is 1.25. The fraction of sp³-hybridized carbons (Fsp3) is 0.526. The van der Waals surface area contributed by atoms with Gasteiger partial charge in [-0.1, -0.05) is 18.2 Å². The quantitative estimate of drug-likeness (QED) is 0.882. The average Bonchev–Trinajstić information content (AvgIpc) is 3.05. The molecule has 24 heavy (non-hydrogen) atoms. The maximum atomic E-state index is 12.1. The number of thiophene rings is 1. The molecule has 1 aromatic carbocycles. The molecule has 1 aliphatic heterocycles. The molecular weight excluding hydrogens is 320 g/mol. The maximum Gasteiger partial charge on any atom is 0.315 e. The zero-order valence-electron chi connectivity index (χ0n) is 14.2. The summed E-state index contributed by atoms with van der Waals surface area (Å²) in [5.74, 6) is 0. The topological polar surface area (TPSA) is 50.4 Å². The molecule has 2 aliphatic rings. The minimum atomic E-state index is -0.0644. The van der Waals surface area contributed by atoms with Gasteiger partial charge in [-0.25, -0.2) is 4.79 Å². The number of nitrogens with one attached hydrogen (secondary N) is 2. The lowest BCUT2D eigenvalue weighted by molar-refractivity contribution is 0.0188. The highest BCUT2D eigenvalue weighted by molar-refractivity contribution is 7.19. The third kappa shape index (κ3) is 3.15. The maximum absolute atomic E-state index is 12.1. The first-order valence-electron chi connectivity index (χ1n) is 8.59. The highest BCUT2D eigenvalue weighted by atomic mass is 32.1. The molecule has 4 rings (SSSR count). The Labute approximate surface area is 146 Å². The second-order valence-corrected chi connectivity index (χ2v) is 9.08. The van der Waals surface area contributed by atoms with Crippen LogP contribution < -0.4 is 10.6 Å². The molecule has 2 aromatic rings. The Bertz CT molecular complexity index is 729. The van der Waals surface area contributed by atoms with Crippen molar-refractivity contribution in [1.29, 1.82) is 0 Å². The van der Waals surface area contributed by atoms with Crippen LogP contribution in [0.3, 0.4) is 0 Å². The minimum Gasteiger partial charge on any atom is -0.375 e. The molecule has 1 saturated carbocycles. The molecule has 5 heteroatoms. The van der Waals surface area contributed by atoms with Crippen LogP contribution >= 0.6 is 11.3 Å². The first-order chi connectivity index (χ1) is 11.4. The van der Waals surface area contributed by atoms with E-state index in [9.17, 15) is 4.79 Å². The van der Waals surface area contributed by atoms with Crippen LogP contribution in [0.4, 0.5) is 4.79 Å². The summed E-state index contributed by atoms with van der Waals surface area (Å²) < 4.78 is 7.12. The van der Waals surface area contributed by atoms with Crippen molar-refractivity contribution in [2.75, 3.05) is 6.61 Å². The molecule has 4 nitrogen and oxygen atoms in total. The molecule has 1 aromatic heterocycles. The van der Waals surface area contributed by atoms with Gasteiger partial charge in [0.15, 0.2) is 0 Å². The van der Waals surface area contributed by atoms with E-state index in [-0.39, 0.29) is 17.7 Å². The van der Waals surface area contributed by atoms with E-state index < -0.39 is 0 Å². The molecule has 2 fully saturated rings. The van der Waals surface area contributed by atoms with Crippen LogP contribution in [0.5, 0.6) is 0 Å². The van der Waals surface area contributed by atoms with Crippen molar-refractivity contribution in [1.82, 2.24) is 10.6 Å². The minimum absolute atomic E-state index is 0.00555. The van der Waals surface area contributed by atoms with Gasteiger partial charge in [0, 0.05) is 21.0 Å². The molecule has 0 atom stereocenters. The van der Waals surface area contributed by atoms with E-state index in [4.69, 9.17) is 4.74 Å². The summed E-state index contributed by atoms with van der Waals surface area (Å²) in [7, 11) is 0. The van der Waals surface area contributed by atoms with Crippen molar-refractivity contribution in [3.63, 3.8) is 0 Å². The predicted octanol–water partition coefficient (Wildman–Crippen LogP) is 4.05. The van der Waals surface area contributed by atoms with Gasteiger partial charge in [-0.15, -0.1) is 11.3 Å². The number of urea groups is 1. The van der Waals surface area contributed by atoms with Crippen molar-refractivity contribution in [3.05, 3.63) is 35.2 Å². The number of amides is 2. The van der Waals surface area contributed by atoms with Gasteiger partial charge in [-0.2, -0.15) is 0 Å². The van der Waals surface area contributed by atoms with Crippen LogP contribution in [0.25, 0.3) is 10.1 Å². The average molecular weight is 344 g/mol. The third-order valence-corrected chi connectivity index (χ3v) is 6.28. The van der Waals surface area contributed by atoms with Gasteiger partial charge in [-0.05, 0) is 50.6 Å². The van der Waals surface area contributed by atoms with Gasteiger partial charge in [0.2, 0.25) is 0 Å². The Morgan fingerprint density at radius 1 is 1.33 bits per heavy atom. The molecule has 1 aliphatic carbocycles. The van der Waals surface area contributed by atoms with Crippen LogP contribution in [-0.2, 0) is 11.3 Å². The lowest BCUT2D eigenvalue weighted by atomic mass is 9.63. The summed E-state index contributed by atoms with van der Waals surface area (Å²) in [5, 5.41) is 7.32. The van der Waals surface area contributed by atoms with E-state index in [1.165, 1.54) is 15.0 Å². The van der Waals surface area contributed by atoms with Gasteiger partial charge in [0.1, 0.15) is 0 Å². The Kier molecular flexibility index (Phi) is 3.81. The first kappa shape index (κ1) is 15.9. The number of benzene rings is 1. The smallest absolute Gasteiger partial charge is 0.315 e. The second-order valence-electron chi connectivity index (χ2n) is 7.91. The zero-order chi connectivity index (χ0) is 16.8. The van der Waals surface area contributed by atoms with E-state index in [2.05, 4.69) is 42.7 Å². The summed E-state index contributed by atoms with van der Waals surface area (Å²) in [6.07, 6.45) is 3.17. The van der Waals surface area contributed by atoms with Crippen molar-refractivity contribution in [3.8, 4) is 0 Å². The van der Waals surface area contributed by atoms with E-state index in [1.54, 1.807) is 11.3 Å². The number of ether oxygens (including phenoxy) is 1. The molecule has 0 unspecified atom stereocenters. The predicted molar refractivity (Wildman–Crippen MR) is 97.3 cm³/mol. The van der Waals surface area contributed by atoms with Crippen molar-refractivity contribution in [2.45, 2.75) is 51.3 Å². The van der Waals surface area contributed by atoms with Crippen LogP contribution in [0.2, 0.25) is 0 Å². The van der Waals surface area contributed by atoms with Crippen molar-refractivity contribution in [2.24, 2.45) is 5.41 Å². The summed E-state index contributed by atoms with van der Waals surface area (Å²) >= 11 is 1.73. The summed E-state index contributed by atoms with van der Waals surface area (Å²) in [6.45, 7) is 5.72. The molecule has 2 heterocycles. The number of carbonyl (C=O) groups excluding carboxylic acids is 1. The Morgan fingerprint density at radius 2 is 2.12 bits per heavy atom. The van der Waals surface area contributed by atoms with Gasteiger partial charge < -0.3 is 15.4 Å². The Hall–Kier alpha value is -1.59. The van der Waals surface area contributed by atoms with E-state index in [0.717, 1.165) is 25.9 Å². The van der Waals surface area contributed by atoms with E-state index in [0.29, 0.717) is 12.0 Å². The first-order valence-corrected chi connectivity index (χ1v) is 9.41. The molecule has 0 radical (unpaired) electrons. The normalized spacial score (nSPS) is 28.0. The monoisotopic (exact) mass is 344 g/mol. The molecular formula is C19H24N2O2S. The largest absolute Gasteiger partial charge is 0.375 e. The summed E-state index contributed by atoms with van der Waals surface area (Å²) in [4.78, 5) is 13.3. The highest BCUT2D eigenvalue weighted by Gasteiger charge is 2.52. The van der Waals surface area contributed by atoms with Crippen molar-refractivity contribution < 1.29 is 9.53 Å². The molecule has 1 spiro atoms. The lowest BCUT2D eigenvalue weighted by Crippen LogP contribution is -2.53. The SMILES string of the molecule is CC1(C)CC2(CO1)CC(NC(=O)NCc1cc3ccccc3s1)C2. The van der Waals surface area contributed by atoms with Crippen LogP contribution in [0, 0.1) is 5.41 Å². The molecule has 2 amide bonds. The number of carbonyl (C=O) groups is 1. The summed E-state index contributed by atoms with van der Waals surface area (Å²) in [5.41, 5.74) is 0.293. The van der Waals surface area contributed by atoms with E-state index >= 15 is 0 Å². The van der Waals surface area contributed by atoms with Crippen molar-refractivity contribution >= 4 is 27.5 Å². The fourth-order valence-electron chi connectivity index (χ4n) is 4.23. The number of hydrogen-bond donors (Lipinski definition) is 2. The van der Waals surface area contributed by atoms with Crippen LogP contribution in [-0.4, -0.2) is 24.3 Å². The Morgan fingerprint density at radius 3 is 2.83 bits per heavy atom. The lowest BCUT2D eigenvalue weighted by Gasteiger charge is -2.44. The van der Waals surface area contributed by atoms with Crippen LogP contribution in [0.15, 0.2) is 30.3 Å². The van der Waals surface area contributed by atoms with Gasteiger partial charge in [-0.3, -0.25) is 0 Å². The third-order valence-electron chi connectivity index (χ3n) is 5.16. The molecule has 2 N–H and O–H groups in total. The number of hydrogen-bond acceptors (Lipinski definition) is 3. The van der Waals surface area contributed by atoms with Gasteiger partial charge >= 0.3 is 6.03 Å². The zero-order valence-corrected chi connectivity index (χ0v) is 15.0. The summed E-state index contributed by atoms with van der Waals surface area (Å²) in [6, 6.07) is 10.7. The van der Waals surface area contributed by atoms with Gasteiger partial charge in [0.25, 0.3) is 0 Å². The molecule has 1 saturated heterocycles. The molecule has 0 bridgehead atoms. The fourth-order valence-corrected chi connectivity index (χ4v) is 5.24. The second kappa shape index (κ2) is 5.74. The van der Waals surface area contributed by atoms with Crippen LogP contribution in [0.1, 0.15) is 38.0 Å². The number of rotatable bonds is 3. The number of fused-ring (bicyclic) bond motifs is 1. The highest BCUT2D eigenvalue weighted by Crippen LogP contribution is 2.52. The standard InChI is InChI=1S/C19H24N2O2S/c1-18(2)11-19(12-23-18)8-14(9-19)21-17(22)20-10-15-7-13-5-3-4-6-16(13)24-15/h3-7,14H,8-12H2,1-2H3,(H2,20,21,22). The van der Waals surface area contributed by atoms with Gasteiger partial charge in [0.05, 0.1) is 18.8 Å². The molecule has 128 valence electrons.